The van der Waals surface area contributed by atoms with Crippen molar-refractivity contribution in [1.29, 1.82) is 5.26 Å². The third-order valence-electron chi connectivity index (χ3n) is 2.47. The first-order valence-corrected chi connectivity index (χ1v) is 7.35. The number of hydrogen-bond acceptors (Lipinski definition) is 4. The van der Waals surface area contributed by atoms with E-state index in [4.69, 9.17) is 5.26 Å². The molecule has 0 aliphatic carbocycles. The number of rotatable bonds is 8. The van der Waals surface area contributed by atoms with Gasteiger partial charge in [-0.05, 0) is 37.0 Å². The molecule has 0 aromatic carbocycles. The van der Waals surface area contributed by atoms with Gasteiger partial charge < -0.3 is 5.32 Å². The van der Waals surface area contributed by atoms with E-state index in [9.17, 15) is 0 Å². The Hall–Kier alpha value is -1.21. The summed E-state index contributed by atoms with van der Waals surface area (Å²) in [5.74, 6) is 2.06. The maximum absolute atomic E-state index is 8.75. The van der Waals surface area contributed by atoms with E-state index >= 15 is 0 Å². The van der Waals surface area contributed by atoms with Gasteiger partial charge in [-0.3, -0.25) is 0 Å². The smallest absolute Gasteiger partial charge is 0.127 e. The Labute approximate surface area is 108 Å². The highest BCUT2D eigenvalue weighted by atomic mass is 32.2. The van der Waals surface area contributed by atoms with Gasteiger partial charge in [0.05, 0.1) is 11.6 Å². The second-order valence-corrected chi connectivity index (χ2v) is 4.86. The number of unbranched alkanes of at least 4 members (excludes halogenated alkanes) is 3. The van der Waals surface area contributed by atoms with Crippen molar-refractivity contribution in [2.24, 2.45) is 0 Å². The second-order valence-electron chi connectivity index (χ2n) is 3.88. The molecule has 0 amide bonds. The number of hydrogen-bond donors (Lipinski definition) is 1. The van der Waals surface area contributed by atoms with Gasteiger partial charge in [0.1, 0.15) is 5.82 Å². The van der Waals surface area contributed by atoms with Gasteiger partial charge in [-0.15, -0.1) is 0 Å². The summed E-state index contributed by atoms with van der Waals surface area (Å²) < 4.78 is 0. The van der Waals surface area contributed by atoms with Crippen molar-refractivity contribution in [3.8, 4) is 6.07 Å². The minimum absolute atomic E-state index is 0.655. The maximum Gasteiger partial charge on any atom is 0.127 e. The third kappa shape index (κ3) is 6.18. The van der Waals surface area contributed by atoms with Crippen LogP contribution in [0.3, 0.4) is 0 Å². The quantitative estimate of drug-likeness (QED) is 0.718. The van der Waals surface area contributed by atoms with Crippen molar-refractivity contribution in [2.75, 3.05) is 23.9 Å². The van der Waals surface area contributed by atoms with Crippen LogP contribution in [0.2, 0.25) is 0 Å². The standard InChI is InChI=1S/C13H19N3S/c1-17-9-5-3-2-4-7-15-13-10-12(11-14)6-8-16-13/h6,8,10H,2-5,7,9H2,1H3,(H,15,16). The summed E-state index contributed by atoms with van der Waals surface area (Å²) in [6.07, 6.45) is 8.84. The third-order valence-corrected chi connectivity index (χ3v) is 3.17. The Balaban J connectivity index is 2.12. The van der Waals surface area contributed by atoms with Gasteiger partial charge >= 0.3 is 0 Å². The monoisotopic (exact) mass is 249 g/mol. The molecule has 1 aromatic heterocycles. The van der Waals surface area contributed by atoms with Crippen LogP contribution in [-0.4, -0.2) is 23.5 Å². The molecular formula is C13H19N3S. The van der Waals surface area contributed by atoms with Crippen LogP contribution < -0.4 is 5.32 Å². The van der Waals surface area contributed by atoms with Crippen LogP contribution >= 0.6 is 11.8 Å². The van der Waals surface area contributed by atoms with E-state index in [1.807, 2.05) is 11.8 Å². The van der Waals surface area contributed by atoms with Gasteiger partial charge in [0.2, 0.25) is 0 Å². The molecule has 1 N–H and O–H groups in total. The molecule has 0 saturated heterocycles. The predicted molar refractivity (Wildman–Crippen MR) is 74.3 cm³/mol. The summed E-state index contributed by atoms with van der Waals surface area (Å²) in [4.78, 5) is 4.17. The fraction of sp³-hybridized carbons (Fsp3) is 0.538. The highest BCUT2D eigenvalue weighted by Gasteiger charge is 1.95. The SMILES string of the molecule is CSCCCCCCNc1cc(C#N)ccn1. The van der Waals surface area contributed by atoms with E-state index in [1.54, 1.807) is 18.3 Å². The lowest BCUT2D eigenvalue weighted by atomic mass is 10.2. The topological polar surface area (TPSA) is 48.7 Å². The molecule has 0 saturated carbocycles. The van der Waals surface area contributed by atoms with Crippen molar-refractivity contribution in [3.05, 3.63) is 23.9 Å². The molecule has 3 nitrogen and oxygen atoms in total. The van der Waals surface area contributed by atoms with Gasteiger partial charge in [-0.1, -0.05) is 12.8 Å². The lowest BCUT2D eigenvalue weighted by Crippen LogP contribution is -2.03. The van der Waals surface area contributed by atoms with Crippen molar-refractivity contribution < 1.29 is 0 Å². The number of nitrogens with zero attached hydrogens (tertiary/aromatic N) is 2. The van der Waals surface area contributed by atoms with Gasteiger partial charge in [0.25, 0.3) is 0 Å². The molecule has 92 valence electrons. The fourth-order valence-corrected chi connectivity index (χ4v) is 2.03. The zero-order valence-electron chi connectivity index (χ0n) is 10.3. The van der Waals surface area contributed by atoms with Crippen LogP contribution in [0.25, 0.3) is 0 Å². The lowest BCUT2D eigenvalue weighted by molar-refractivity contribution is 0.688. The second kappa shape index (κ2) is 8.89. The Morgan fingerprint density at radius 2 is 2.18 bits per heavy atom. The summed E-state index contributed by atoms with van der Waals surface area (Å²) in [5, 5.41) is 12.0. The molecule has 4 heteroatoms. The molecule has 0 aliphatic heterocycles. The van der Waals surface area contributed by atoms with E-state index in [0.717, 1.165) is 18.8 Å². The summed E-state index contributed by atoms with van der Waals surface area (Å²) in [5.41, 5.74) is 0.655. The Bertz CT molecular complexity index is 360. The van der Waals surface area contributed by atoms with Crippen molar-refractivity contribution in [3.63, 3.8) is 0 Å². The molecule has 0 spiro atoms. The molecule has 1 rings (SSSR count). The van der Waals surface area contributed by atoms with Gasteiger partial charge in [-0.2, -0.15) is 17.0 Å². The average Bonchev–Trinajstić information content (AvgIpc) is 2.38. The summed E-state index contributed by atoms with van der Waals surface area (Å²) in [6.45, 7) is 0.932. The zero-order chi connectivity index (χ0) is 12.3. The lowest BCUT2D eigenvalue weighted by Gasteiger charge is -2.05. The highest BCUT2D eigenvalue weighted by molar-refractivity contribution is 7.98. The number of pyridine rings is 1. The molecule has 1 aromatic rings. The van der Waals surface area contributed by atoms with E-state index in [0.29, 0.717) is 5.56 Å². The van der Waals surface area contributed by atoms with Crippen LogP contribution in [0.4, 0.5) is 5.82 Å². The predicted octanol–water partition coefficient (Wildman–Crippen LogP) is 3.29. The first-order valence-electron chi connectivity index (χ1n) is 5.96. The van der Waals surface area contributed by atoms with Crippen LogP contribution in [0.1, 0.15) is 31.2 Å². The highest BCUT2D eigenvalue weighted by Crippen LogP contribution is 2.07. The van der Waals surface area contributed by atoms with Gasteiger partial charge in [0.15, 0.2) is 0 Å². The van der Waals surface area contributed by atoms with Crippen LogP contribution in [-0.2, 0) is 0 Å². The summed E-state index contributed by atoms with van der Waals surface area (Å²) in [6, 6.07) is 5.61. The molecular weight excluding hydrogens is 230 g/mol. The summed E-state index contributed by atoms with van der Waals surface area (Å²) in [7, 11) is 0. The van der Waals surface area contributed by atoms with Crippen molar-refractivity contribution in [2.45, 2.75) is 25.7 Å². The first-order chi connectivity index (χ1) is 8.36. The minimum atomic E-state index is 0.655. The largest absolute Gasteiger partial charge is 0.370 e. The Kier molecular flexibility index (Phi) is 7.24. The minimum Gasteiger partial charge on any atom is -0.370 e. The van der Waals surface area contributed by atoms with E-state index in [-0.39, 0.29) is 0 Å². The molecule has 1 heterocycles. The number of aromatic nitrogens is 1. The molecule has 0 unspecified atom stereocenters. The average molecular weight is 249 g/mol. The summed E-state index contributed by atoms with van der Waals surface area (Å²) >= 11 is 1.91. The molecule has 0 atom stereocenters. The molecule has 0 radical (unpaired) electrons. The maximum atomic E-state index is 8.75. The first kappa shape index (κ1) is 13.9. The van der Waals surface area contributed by atoms with E-state index in [2.05, 4.69) is 22.6 Å². The van der Waals surface area contributed by atoms with Crippen molar-refractivity contribution >= 4 is 17.6 Å². The van der Waals surface area contributed by atoms with Crippen molar-refractivity contribution in [1.82, 2.24) is 4.98 Å². The number of nitriles is 1. The number of nitrogens with one attached hydrogen (secondary N) is 1. The Morgan fingerprint density at radius 3 is 2.94 bits per heavy atom. The van der Waals surface area contributed by atoms with Crippen LogP contribution in [0, 0.1) is 11.3 Å². The van der Waals surface area contributed by atoms with Crippen LogP contribution in [0.5, 0.6) is 0 Å². The Morgan fingerprint density at radius 1 is 1.35 bits per heavy atom. The van der Waals surface area contributed by atoms with E-state index in [1.165, 1.54) is 25.0 Å². The molecule has 0 aliphatic rings. The zero-order valence-corrected chi connectivity index (χ0v) is 11.1. The normalized spacial score (nSPS) is 9.88. The molecule has 17 heavy (non-hydrogen) atoms. The fourth-order valence-electron chi connectivity index (χ4n) is 1.54. The van der Waals surface area contributed by atoms with Gasteiger partial charge in [-0.25, -0.2) is 4.98 Å². The molecule has 0 fully saturated rings. The molecule has 0 bridgehead atoms. The van der Waals surface area contributed by atoms with Gasteiger partial charge in [0, 0.05) is 12.7 Å². The number of anilines is 1. The van der Waals surface area contributed by atoms with E-state index < -0.39 is 0 Å². The van der Waals surface area contributed by atoms with Crippen LogP contribution in [0.15, 0.2) is 18.3 Å². The number of thioether (sulfide) groups is 1.